The number of amidine groups is 1. The van der Waals surface area contributed by atoms with Gasteiger partial charge >= 0.3 is 0 Å². The molecule has 2 atom stereocenters. The molecule has 2 unspecified atom stereocenters. The maximum absolute atomic E-state index is 6.60. The van der Waals surface area contributed by atoms with Gasteiger partial charge in [0, 0.05) is 16.7 Å². The monoisotopic (exact) mass is 693 g/mol. The smallest absolute Gasteiger partial charge is 0.132 e. The molecule has 0 saturated heterocycles. The molecule has 54 heavy (non-hydrogen) atoms. The molecular weight excluding hydrogens is 659 g/mol. The fourth-order valence-corrected chi connectivity index (χ4v) is 9.16. The minimum absolute atomic E-state index is 0.208. The third kappa shape index (κ3) is 4.57. The van der Waals surface area contributed by atoms with Crippen LogP contribution < -0.4 is 15.4 Å². The van der Waals surface area contributed by atoms with Gasteiger partial charge in [-0.2, -0.15) is 0 Å². The van der Waals surface area contributed by atoms with Crippen LogP contribution >= 0.6 is 0 Å². The van der Waals surface area contributed by atoms with Crippen LogP contribution in [0.15, 0.2) is 193 Å². The molecule has 256 valence electrons. The summed E-state index contributed by atoms with van der Waals surface area (Å²) >= 11 is 0. The Hall–Kier alpha value is -6.75. The summed E-state index contributed by atoms with van der Waals surface area (Å²) in [4.78, 5) is 5.56. The molecule has 0 fully saturated rings. The third-order valence-electron chi connectivity index (χ3n) is 11.4. The average Bonchev–Trinajstić information content (AvgIpc) is 3.54. The normalized spacial score (nSPS) is 17.4. The van der Waals surface area contributed by atoms with E-state index in [9.17, 15) is 0 Å². The van der Waals surface area contributed by atoms with Gasteiger partial charge in [-0.1, -0.05) is 170 Å². The highest BCUT2D eigenvalue weighted by atomic mass is 16.5. The molecule has 3 aliphatic rings. The topological polar surface area (TPSA) is 45.6 Å². The predicted octanol–water partition coefficient (Wildman–Crippen LogP) is 11.3. The average molecular weight is 694 g/mol. The van der Waals surface area contributed by atoms with Crippen molar-refractivity contribution in [3.05, 3.63) is 227 Å². The zero-order chi connectivity index (χ0) is 35.6. The molecule has 8 aromatic carbocycles. The Morgan fingerprint density at radius 1 is 0.481 bits per heavy atom. The summed E-state index contributed by atoms with van der Waals surface area (Å²) in [6.07, 6.45) is -0.561. The fourth-order valence-electron chi connectivity index (χ4n) is 9.16. The lowest BCUT2D eigenvalue weighted by Gasteiger charge is -2.39. The predicted molar refractivity (Wildman–Crippen MR) is 218 cm³/mol. The number of rotatable bonds is 4. The van der Waals surface area contributed by atoms with E-state index in [1.54, 1.807) is 0 Å². The quantitative estimate of drug-likeness (QED) is 0.193. The molecule has 0 bridgehead atoms. The number of para-hydroxylation sites is 2. The Labute approximate surface area is 314 Å². The summed E-state index contributed by atoms with van der Waals surface area (Å²) < 4.78 is 6.60. The molecule has 0 radical (unpaired) electrons. The summed E-state index contributed by atoms with van der Waals surface area (Å²) in [5.74, 6) is 2.63. The van der Waals surface area contributed by atoms with E-state index in [4.69, 9.17) is 9.73 Å². The minimum atomic E-state index is -0.550. The van der Waals surface area contributed by atoms with Crippen LogP contribution in [0.25, 0.3) is 33.0 Å². The maximum atomic E-state index is 6.60. The number of hydrogen-bond acceptors (Lipinski definition) is 4. The standard InChI is InChI=1S/C50H35N3O/c1-2-15-32(16-3-1)34-19-12-20-35(31-34)47-51-48(37-23-13-18-33-17-4-5-21-36(33)37)53-49(52-47)39-24-14-28-43-46(39)38-22-6-7-25-40(38)50(43)41-26-8-10-29-44(41)54-45-30-11-9-27-42(45)50/h1-31,48-49,53H,(H,51,52). The molecule has 0 amide bonds. The lowest BCUT2D eigenvalue weighted by atomic mass is 9.66. The molecule has 0 saturated carbocycles. The van der Waals surface area contributed by atoms with Crippen LogP contribution in [0.2, 0.25) is 0 Å². The molecule has 8 aromatic rings. The molecule has 2 heterocycles. The first kappa shape index (κ1) is 30.8. The van der Waals surface area contributed by atoms with Crippen LogP contribution in [0, 0.1) is 0 Å². The number of aliphatic imine (C=N–C) groups is 1. The summed E-state index contributed by atoms with van der Waals surface area (Å²) in [6.45, 7) is 0. The van der Waals surface area contributed by atoms with Crippen LogP contribution in [-0.4, -0.2) is 5.84 Å². The van der Waals surface area contributed by atoms with Crippen molar-refractivity contribution in [2.24, 2.45) is 4.99 Å². The SMILES string of the molecule is c1ccc(-c2cccc(C3=NC(c4cccc5c4-c4ccccc4C54c5ccccc5Oc5ccccc54)NC(c4cccc5ccccc45)N3)c2)cc1. The molecule has 2 aliphatic heterocycles. The minimum Gasteiger partial charge on any atom is -0.457 e. The van der Waals surface area contributed by atoms with E-state index in [-0.39, 0.29) is 12.3 Å². The Morgan fingerprint density at radius 3 is 1.91 bits per heavy atom. The highest BCUT2D eigenvalue weighted by Crippen LogP contribution is 2.63. The summed E-state index contributed by atoms with van der Waals surface area (Å²) in [5.41, 5.74) is 12.4. The lowest BCUT2D eigenvalue weighted by molar-refractivity contribution is 0.411. The van der Waals surface area contributed by atoms with Crippen LogP contribution in [0.4, 0.5) is 0 Å². The Morgan fingerprint density at radius 2 is 1.07 bits per heavy atom. The summed E-state index contributed by atoms with van der Waals surface area (Å²) in [6, 6.07) is 67.2. The van der Waals surface area contributed by atoms with E-state index in [0.29, 0.717) is 0 Å². The Balaban J connectivity index is 1.14. The van der Waals surface area contributed by atoms with Crippen molar-refractivity contribution in [3.63, 3.8) is 0 Å². The molecule has 4 nitrogen and oxygen atoms in total. The molecule has 1 aliphatic carbocycles. The van der Waals surface area contributed by atoms with Crippen molar-refractivity contribution < 1.29 is 4.74 Å². The lowest BCUT2D eigenvalue weighted by Crippen LogP contribution is -2.45. The van der Waals surface area contributed by atoms with E-state index in [1.165, 1.54) is 44.2 Å². The first-order chi connectivity index (χ1) is 26.8. The molecule has 0 aromatic heterocycles. The Bertz CT molecular complexity index is 2740. The summed E-state index contributed by atoms with van der Waals surface area (Å²) in [7, 11) is 0. The number of hydrogen-bond donors (Lipinski definition) is 2. The molecular formula is C50H35N3O. The molecule has 2 N–H and O–H groups in total. The van der Waals surface area contributed by atoms with Gasteiger partial charge in [0.05, 0.1) is 5.41 Å². The second-order valence-corrected chi connectivity index (χ2v) is 14.3. The van der Waals surface area contributed by atoms with Gasteiger partial charge in [-0.15, -0.1) is 0 Å². The van der Waals surface area contributed by atoms with Crippen LogP contribution in [-0.2, 0) is 5.41 Å². The molecule has 4 heteroatoms. The molecule has 11 rings (SSSR count). The number of nitrogens with one attached hydrogen (secondary N) is 2. The van der Waals surface area contributed by atoms with E-state index in [1.807, 2.05) is 0 Å². The van der Waals surface area contributed by atoms with Crippen LogP contribution in [0.5, 0.6) is 11.5 Å². The van der Waals surface area contributed by atoms with Crippen molar-refractivity contribution >= 4 is 16.6 Å². The van der Waals surface area contributed by atoms with E-state index in [0.717, 1.165) is 45.2 Å². The van der Waals surface area contributed by atoms with Crippen LogP contribution in [0.3, 0.4) is 0 Å². The summed E-state index contributed by atoms with van der Waals surface area (Å²) in [5, 5.41) is 10.3. The zero-order valence-corrected chi connectivity index (χ0v) is 29.4. The van der Waals surface area contributed by atoms with Gasteiger partial charge in [0.2, 0.25) is 0 Å². The first-order valence-corrected chi connectivity index (χ1v) is 18.6. The van der Waals surface area contributed by atoms with Gasteiger partial charge in [0.25, 0.3) is 0 Å². The number of benzene rings is 8. The van der Waals surface area contributed by atoms with Gasteiger partial charge in [-0.3, -0.25) is 5.32 Å². The molecule has 1 spiro atoms. The Kier molecular flexibility index (Phi) is 6.94. The second kappa shape index (κ2) is 12.2. The van der Waals surface area contributed by atoms with Crippen molar-refractivity contribution in [3.8, 4) is 33.8 Å². The zero-order valence-electron chi connectivity index (χ0n) is 29.4. The van der Waals surface area contributed by atoms with Crippen molar-refractivity contribution in [2.45, 2.75) is 17.7 Å². The van der Waals surface area contributed by atoms with Gasteiger partial charge in [0.1, 0.15) is 29.7 Å². The van der Waals surface area contributed by atoms with Gasteiger partial charge in [-0.05, 0) is 73.5 Å². The number of ether oxygens (including phenoxy) is 1. The van der Waals surface area contributed by atoms with Crippen molar-refractivity contribution in [1.29, 1.82) is 0 Å². The fraction of sp³-hybridized carbons (Fsp3) is 0.0600. The maximum Gasteiger partial charge on any atom is 0.132 e. The highest BCUT2D eigenvalue weighted by Gasteiger charge is 2.52. The van der Waals surface area contributed by atoms with Crippen molar-refractivity contribution in [1.82, 2.24) is 10.6 Å². The van der Waals surface area contributed by atoms with Gasteiger partial charge in [0.15, 0.2) is 0 Å². The second-order valence-electron chi connectivity index (χ2n) is 14.3. The largest absolute Gasteiger partial charge is 0.457 e. The first-order valence-electron chi connectivity index (χ1n) is 18.6. The van der Waals surface area contributed by atoms with E-state index in [2.05, 4.69) is 199 Å². The van der Waals surface area contributed by atoms with Gasteiger partial charge < -0.3 is 10.1 Å². The van der Waals surface area contributed by atoms with Crippen molar-refractivity contribution in [2.75, 3.05) is 0 Å². The number of nitrogens with zero attached hydrogens (tertiary/aromatic N) is 1. The third-order valence-corrected chi connectivity index (χ3v) is 11.4. The van der Waals surface area contributed by atoms with E-state index >= 15 is 0 Å². The van der Waals surface area contributed by atoms with Crippen LogP contribution in [0.1, 0.15) is 51.3 Å². The van der Waals surface area contributed by atoms with Gasteiger partial charge in [-0.25, -0.2) is 4.99 Å². The highest BCUT2D eigenvalue weighted by molar-refractivity contribution is 6.01. The number of fused-ring (bicyclic) bond motifs is 10. The van der Waals surface area contributed by atoms with E-state index < -0.39 is 5.41 Å².